The molecule has 0 aliphatic rings. The Kier molecular flexibility index (Phi) is 4.58. The number of hydrogen-bond donors (Lipinski definition) is 1. The first kappa shape index (κ1) is 15.0. The Bertz CT molecular complexity index is 652. The van der Waals surface area contributed by atoms with Crippen molar-refractivity contribution in [1.82, 2.24) is 0 Å². The summed E-state index contributed by atoms with van der Waals surface area (Å²) < 4.78 is 18.6. The van der Waals surface area contributed by atoms with Gasteiger partial charge < -0.3 is 9.84 Å². The third kappa shape index (κ3) is 3.60. The molecule has 0 heterocycles. The van der Waals surface area contributed by atoms with Crippen LogP contribution in [-0.4, -0.2) is 18.2 Å². The van der Waals surface area contributed by atoms with Crippen molar-refractivity contribution in [2.24, 2.45) is 0 Å². The van der Waals surface area contributed by atoms with Crippen LogP contribution in [0.3, 0.4) is 0 Å². The summed E-state index contributed by atoms with van der Waals surface area (Å²) in [5.41, 5.74) is 2.12. The lowest BCUT2D eigenvalue weighted by atomic mass is 9.87. The lowest BCUT2D eigenvalue weighted by Crippen LogP contribution is -2.08. The molecule has 0 bridgehead atoms. The first-order chi connectivity index (χ1) is 10.0. The molecule has 3 nitrogen and oxygen atoms in total. The van der Waals surface area contributed by atoms with Crippen molar-refractivity contribution in [1.29, 1.82) is 0 Å². The smallest absolute Gasteiger partial charge is 0.304 e. The molecule has 0 radical (unpaired) electrons. The molecule has 0 aliphatic heterocycles. The summed E-state index contributed by atoms with van der Waals surface area (Å²) in [6.07, 6.45) is -0.0573. The number of hydrogen-bond acceptors (Lipinski definition) is 2. The van der Waals surface area contributed by atoms with E-state index in [4.69, 9.17) is 9.84 Å². The predicted molar refractivity (Wildman–Crippen MR) is 78.2 cm³/mol. The van der Waals surface area contributed by atoms with Crippen molar-refractivity contribution in [2.75, 3.05) is 7.11 Å². The minimum absolute atomic E-state index is 0.0573. The van der Waals surface area contributed by atoms with Gasteiger partial charge in [-0.2, -0.15) is 0 Å². The van der Waals surface area contributed by atoms with Gasteiger partial charge in [0, 0.05) is 5.92 Å². The number of benzene rings is 2. The first-order valence-electron chi connectivity index (χ1n) is 6.63. The number of carboxylic acid groups (broad SMARTS) is 1. The Morgan fingerprint density at radius 2 is 1.95 bits per heavy atom. The fourth-order valence-electron chi connectivity index (χ4n) is 2.35. The molecule has 0 spiro atoms. The highest BCUT2D eigenvalue weighted by molar-refractivity contribution is 5.69. The summed E-state index contributed by atoms with van der Waals surface area (Å²) in [7, 11) is 1.56. The zero-order chi connectivity index (χ0) is 15.4. The van der Waals surface area contributed by atoms with Gasteiger partial charge >= 0.3 is 5.97 Å². The molecule has 2 rings (SSSR count). The lowest BCUT2D eigenvalue weighted by Gasteiger charge is -2.17. The molecule has 0 saturated heterocycles. The number of aliphatic carboxylic acids is 1. The summed E-state index contributed by atoms with van der Waals surface area (Å²) in [6.45, 7) is 1.67. The Balaban J connectivity index is 2.46. The van der Waals surface area contributed by atoms with E-state index in [-0.39, 0.29) is 18.2 Å². The first-order valence-corrected chi connectivity index (χ1v) is 6.63. The van der Waals surface area contributed by atoms with Crippen LogP contribution >= 0.6 is 0 Å². The molecule has 1 atom stereocenters. The van der Waals surface area contributed by atoms with E-state index in [1.165, 1.54) is 6.07 Å². The minimum Gasteiger partial charge on any atom is -0.497 e. The quantitative estimate of drug-likeness (QED) is 0.911. The molecule has 4 heteroatoms. The lowest BCUT2D eigenvalue weighted by molar-refractivity contribution is -0.137. The van der Waals surface area contributed by atoms with E-state index < -0.39 is 5.97 Å². The number of aryl methyl sites for hydroxylation is 1. The zero-order valence-electron chi connectivity index (χ0n) is 12.0. The molecule has 21 heavy (non-hydrogen) atoms. The van der Waals surface area contributed by atoms with E-state index in [9.17, 15) is 9.18 Å². The number of ether oxygens (including phenoxy) is 1. The molecule has 0 amide bonds. The summed E-state index contributed by atoms with van der Waals surface area (Å²) in [4.78, 5) is 11.2. The minimum atomic E-state index is -0.898. The van der Waals surface area contributed by atoms with Crippen LogP contribution in [0.2, 0.25) is 0 Å². The average molecular weight is 288 g/mol. The maximum absolute atomic E-state index is 13.4. The summed E-state index contributed by atoms with van der Waals surface area (Å²) in [5, 5.41) is 9.15. The third-order valence-corrected chi connectivity index (χ3v) is 3.46. The van der Waals surface area contributed by atoms with Crippen LogP contribution in [0, 0.1) is 12.7 Å². The van der Waals surface area contributed by atoms with Gasteiger partial charge in [0.1, 0.15) is 11.6 Å². The van der Waals surface area contributed by atoms with E-state index in [1.807, 2.05) is 18.2 Å². The Hall–Kier alpha value is -2.36. The van der Waals surface area contributed by atoms with E-state index >= 15 is 0 Å². The Morgan fingerprint density at radius 3 is 2.57 bits per heavy atom. The van der Waals surface area contributed by atoms with E-state index in [2.05, 4.69) is 0 Å². The van der Waals surface area contributed by atoms with Gasteiger partial charge in [0.25, 0.3) is 0 Å². The topological polar surface area (TPSA) is 46.5 Å². The second-order valence-electron chi connectivity index (χ2n) is 4.94. The fourth-order valence-corrected chi connectivity index (χ4v) is 2.35. The third-order valence-electron chi connectivity index (χ3n) is 3.46. The van der Waals surface area contributed by atoms with E-state index in [1.54, 1.807) is 32.2 Å². The maximum atomic E-state index is 13.4. The predicted octanol–water partition coefficient (Wildman–Crippen LogP) is 3.75. The number of carboxylic acids is 1. The fraction of sp³-hybridized carbons (Fsp3) is 0.235. The molecule has 2 aromatic carbocycles. The normalized spacial score (nSPS) is 12.0. The summed E-state index contributed by atoms with van der Waals surface area (Å²) >= 11 is 0. The molecule has 2 aromatic rings. The van der Waals surface area contributed by atoms with Crippen molar-refractivity contribution in [3.05, 3.63) is 65.0 Å². The van der Waals surface area contributed by atoms with Gasteiger partial charge in [-0.15, -0.1) is 0 Å². The van der Waals surface area contributed by atoms with Crippen LogP contribution in [0.5, 0.6) is 5.75 Å². The highest BCUT2D eigenvalue weighted by Crippen LogP contribution is 2.31. The van der Waals surface area contributed by atoms with Gasteiger partial charge in [0.15, 0.2) is 0 Å². The number of rotatable bonds is 5. The average Bonchev–Trinajstić information content (AvgIpc) is 2.47. The number of halogens is 1. The van der Waals surface area contributed by atoms with Crippen LogP contribution in [0.1, 0.15) is 29.0 Å². The van der Waals surface area contributed by atoms with Gasteiger partial charge in [0.2, 0.25) is 0 Å². The highest BCUT2D eigenvalue weighted by Gasteiger charge is 2.19. The molecule has 0 aromatic heterocycles. The van der Waals surface area contributed by atoms with Crippen molar-refractivity contribution >= 4 is 5.97 Å². The molecule has 0 fully saturated rings. The van der Waals surface area contributed by atoms with Crippen molar-refractivity contribution in [3.8, 4) is 5.75 Å². The molecule has 0 saturated carbocycles. The van der Waals surface area contributed by atoms with Crippen LogP contribution < -0.4 is 4.74 Å². The SMILES string of the molecule is COc1cccc(C(CC(=O)O)c2ccc(F)c(C)c2)c1. The maximum Gasteiger partial charge on any atom is 0.304 e. The monoisotopic (exact) mass is 288 g/mol. The van der Waals surface area contributed by atoms with Gasteiger partial charge in [-0.05, 0) is 41.8 Å². The van der Waals surface area contributed by atoms with E-state index in [0.29, 0.717) is 11.3 Å². The number of carbonyl (C=O) groups is 1. The van der Waals surface area contributed by atoms with Crippen molar-refractivity contribution in [2.45, 2.75) is 19.3 Å². The second-order valence-corrected chi connectivity index (χ2v) is 4.94. The highest BCUT2D eigenvalue weighted by atomic mass is 19.1. The molecule has 110 valence electrons. The second kappa shape index (κ2) is 6.39. The van der Waals surface area contributed by atoms with Crippen molar-refractivity contribution < 1.29 is 19.0 Å². The zero-order valence-corrected chi connectivity index (χ0v) is 12.0. The summed E-state index contributed by atoms with van der Waals surface area (Å²) in [6, 6.07) is 12.0. The van der Waals surface area contributed by atoms with Crippen LogP contribution in [-0.2, 0) is 4.79 Å². The van der Waals surface area contributed by atoms with Gasteiger partial charge in [0.05, 0.1) is 13.5 Å². The van der Waals surface area contributed by atoms with Crippen LogP contribution in [0.25, 0.3) is 0 Å². The molecular formula is C17H17FO3. The van der Waals surface area contributed by atoms with Gasteiger partial charge in [-0.3, -0.25) is 4.79 Å². The van der Waals surface area contributed by atoms with Crippen LogP contribution in [0.4, 0.5) is 4.39 Å². The number of methoxy groups -OCH3 is 1. The molecule has 1 N–H and O–H groups in total. The van der Waals surface area contributed by atoms with E-state index in [0.717, 1.165) is 11.1 Å². The van der Waals surface area contributed by atoms with Gasteiger partial charge in [-0.25, -0.2) is 4.39 Å². The van der Waals surface area contributed by atoms with Crippen molar-refractivity contribution in [3.63, 3.8) is 0 Å². The largest absolute Gasteiger partial charge is 0.497 e. The molecule has 0 aliphatic carbocycles. The molecule has 1 unspecified atom stereocenters. The Morgan fingerprint density at radius 1 is 1.24 bits per heavy atom. The summed E-state index contributed by atoms with van der Waals surface area (Å²) in [5.74, 6) is -0.859. The van der Waals surface area contributed by atoms with Gasteiger partial charge in [-0.1, -0.05) is 24.3 Å². The Labute approximate surface area is 123 Å². The van der Waals surface area contributed by atoms with Crippen LogP contribution in [0.15, 0.2) is 42.5 Å². The standard InChI is InChI=1S/C17H17FO3/c1-11-8-13(6-7-16(11)18)15(10-17(19)20)12-4-3-5-14(9-12)21-2/h3-9,15H,10H2,1-2H3,(H,19,20). The molecular weight excluding hydrogens is 271 g/mol.